The van der Waals surface area contributed by atoms with Crippen molar-refractivity contribution in [2.75, 3.05) is 13.1 Å². The molecule has 0 bridgehead atoms. The van der Waals surface area contributed by atoms with Crippen LogP contribution in [0, 0.1) is 25.7 Å². The molecule has 1 fully saturated rings. The van der Waals surface area contributed by atoms with Gasteiger partial charge >= 0.3 is 0 Å². The molecular formula is C22H31N3O2. The van der Waals surface area contributed by atoms with Gasteiger partial charge in [-0.15, -0.1) is 0 Å². The fourth-order valence-electron chi connectivity index (χ4n) is 4.22. The summed E-state index contributed by atoms with van der Waals surface area (Å²) in [5.41, 5.74) is 4.17. The number of carbonyl (C=O) groups is 1. The molecule has 0 unspecified atom stereocenters. The van der Waals surface area contributed by atoms with E-state index in [1.54, 1.807) is 0 Å². The quantitative estimate of drug-likeness (QED) is 0.845. The molecule has 27 heavy (non-hydrogen) atoms. The maximum absolute atomic E-state index is 12.4. The second-order valence-electron chi connectivity index (χ2n) is 8.17. The molecule has 0 aliphatic carbocycles. The molecule has 5 nitrogen and oxygen atoms in total. The van der Waals surface area contributed by atoms with E-state index in [0.717, 1.165) is 48.5 Å². The van der Waals surface area contributed by atoms with Crippen LogP contribution in [0.1, 0.15) is 48.4 Å². The largest absolute Gasteiger partial charge is 0.361 e. The minimum atomic E-state index is -0.000537. The molecule has 2 heterocycles. The maximum Gasteiger partial charge on any atom is 0.224 e. The molecule has 1 saturated heterocycles. The maximum atomic E-state index is 12.4. The van der Waals surface area contributed by atoms with Gasteiger partial charge in [0.05, 0.1) is 12.1 Å². The molecule has 1 aliphatic heterocycles. The highest BCUT2D eigenvalue weighted by Gasteiger charge is 2.22. The summed E-state index contributed by atoms with van der Waals surface area (Å²) in [5.74, 6) is 2.21. The summed E-state index contributed by atoms with van der Waals surface area (Å²) < 4.78 is 5.14. The van der Waals surface area contributed by atoms with Crippen LogP contribution in [-0.2, 0) is 24.3 Å². The van der Waals surface area contributed by atoms with E-state index in [-0.39, 0.29) is 5.91 Å². The van der Waals surface area contributed by atoms with E-state index in [1.165, 1.54) is 17.5 Å². The first kappa shape index (κ1) is 19.6. The number of hydrogen-bond acceptors (Lipinski definition) is 4. The third-order valence-corrected chi connectivity index (χ3v) is 5.45. The fourth-order valence-corrected chi connectivity index (χ4v) is 4.22. The molecular weight excluding hydrogens is 338 g/mol. The Labute approximate surface area is 162 Å². The van der Waals surface area contributed by atoms with Gasteiger partial charge in [-0.2, -0.15) is 0 Å². The van der Waals surface area contributed by atoms with E-state index in [4.69, 9.17) is 4.52 Å². The molecule has 0 radical (unpaired) electrons. The van der Waals surface area contributed by atoms with E-state index in [2.05, 4.69) is 47.4 Å². The molecule has 3 rings (SSSR count). The molecule has 2 atom stereocenters. The van der Waals surface area contributed by atoms with Gasteiger partial charge in [0, 0.05) is 31.7 Å². The molecule has 1 aliphatic rings. The van der Waals surface area contributed by atoms with E-state index in [9.17, 15) is 4.79 Å². The highest BCUT2D eigenvalue weighted by molar-refractivity contribution is 5.79. The highest BCUT2D eigenvalue weighted by atomic mass is 16.5. The zero-order chi connectivity index (χ0) is 19.4. The molecule has 0 saturated carbocycles. The zero-order valence-electron chi connectivity index (χ0n) is 16.9. The minimum absolute atomic E-state index is 0.000537. The van der Waals surface area contributed by atoms with Gasteiger partial charge in [-0.05, 0) is 43.2 Å². The van der Waals surface area contributed by atoms with E-state index >= 15 is 0 Å². The Kier molecular flexibility index (Phi) is 6.32. The lowest BCUT2D eigenvalue weighted by Gasteiger charge is -2.35. The first-order valence-corrected chi connectivity index (χ1v) is 9.90. The predicted octanol–water partition coefficient (Wildman–Crippen LogP) is 3.63. The number of carbonyl (C=O) groups excluding carboxylic acids is 1. The van der Waals surface area contributed by atoms with Gasteiger partial charge in [-0.3, -0.25) is 9.69 Å². The van der Waals surface area contributed by atoms with Crippen LogP contribution in [0.2, 0.25) is 0 Å². The second-order valence-corrected chi connectivity index (χ2v) is 8.17. The second kappa shape index (κ2) is 8.70. The van der Waals surface area contributed by atoms with Crippen molar-refractivity contribution in [3.05, 3.63) is 52.4 Å². The third-order valence-electron chi connectivity index (χ3n) is 5.45. The van der Waals surface area contributed by atoms with Gasteiger partial charge in [0.2, 0.25) is 5.91 Å². The number of likely N-dealkylation sites (tertiary alicyclic amines) is 1. The van der Waals surface area contributed by atoms with Crippen molar-refractivity contribution in [1.82, 2.24) is 15.4 Å². The summed E-state index contributed by atoms with van der Waals surface area (Å²) in [5, 5.41) is 6.98. The van der Waals surface area contributed by atoms with Gasteiger partial charge < -0.3 is 9.84 Å². The molecule has 1 aromatic heterocycles. The Morgan fingerprint density at radius 3 is 2.48 bits per heavy atom. The lowest BCUT2D eigenvalue weighted by atomic mass is 9.91. The normalized spacial score (nSPS) is 20.6. The van der Waals surface area contributed by atoms with Gasteiger partial charge in [-0.25, -0.2) is 0 Å². The van der Waals surface area contributed by atoms with Gasteiger partial charge in [0.1, 0.15) is 5.76 Å². The summed E-state index contributed by atoms with van der Waals surface area (Å²) in [6, 6.07) is 8.42. The smallest absolute Gasteiger partial charge is 0.224 e. The van der Waals surface area contributed by atoms with Gasteiger partial charge in [0.25, 0.3) is 0 Å². The topological polar surface area (TPSA) is 58.4 Å². The van der Waals surface area contributed by atoms with E-state index in [0.29, 0.717) is 13.0 Å². The van der Waals surface area contributed by atoms with Crippen LogP contribution in [0.5, 0.6) is 0 Å². The molecule has 5 heteroatoms. The number of benzene rings is 1. The monoisotopic (exact) mass is 369 g/mol. The van der Waals surface area contributed by atoms with Gasteiger partial charge in [-0.1, -0.05) is 43.3 Å². The van der Waals surface area contributed by atoms with Crippen molar-refractivity contribution in [1.29, 1.82) is 0 Å². The van der Waals surface area contributed by atoms with Crippen molar-refractivity contribution in [2.45, 2.75) is 53.6 Å². The summed E-state index contributed by atoms with van der Waals surface area (Å²) in [4.78, 5) is 14.9. The third kappa shape index (κ3) is 5.19. The van der Waals surface area contributed by atoms with Crippen molar-refractivity contribution in [3.63, 3.8) is 0 Å². The van der Waals surface area contributed by atoms with Gasteiger partial charge in [0.15, 0.2) is 0 Å². The Hall–Kier alpha value is -2.14. The van der Waals surface area contributed by atoms with Crippen LogP contribution in [-0.4, -0.2) is 29.1 Å². The van der Waals surface area contributed by atoms with E-state index < -0.39 is 0 Å². The number of piperidine rings is 1. The lowest BCUT2D eigenvalue weighted by molar-refractivity contribution is -0.120. The van der Waals surface area contributed by atoms with Crippen molar-refractivity contribution in [3.8, 4) is 0 Å². The fraction of sp³-hybridized carbons (Fsp3) is 0.545. The van der Waals surface area contributed by atoms with Crippen LogP contribution in [0.4, 0.5) is 0 Å². The minimum Gasteiger partial charge on any atom is -0.361 e. The Bertz CT molecular complexity index is 754. The SMILES string of the molecule is Cc1noc(C)c1CC(=O)NCc1ccccc1CN1C[C@H](C)C[C@H](C)C1. The molecule has 2 aromatic rings. The Morgan fingerprint density at radius 1 is 1.19 bits per heavy atom. The first-order valence-electron chi connectivity index (χ1n) is 9.90. The van der Waals surface area contributed by atoms with Crippen molar-refractivity contribution >= 4 is 5.91 Å². The Balaban J connectivity index is 1.60. The summed E-state index contributed by atoms with van der Waals surface area (Å²) in [6.07, 6.45) is 1.63. The number of aromatic nitrogens is 1. The molecule has 0 spiro atoms. The lowest BCUT2D eigenvalue weighted by Crippen LogP contribution is -2.38. The molecule has 1 N–H and O–H groups in total. The molecule has 1 aromatic carbocycles. The van der Waals surface area contributed by atoms with Crippen LogP contribution in [0.25, 0.3) is 0 Å². The van der Waals surface area contributed by atoms with Crippen LogP contribution >= 0.6 is 0 Å². The number of amides is 1. The average molecular weight is 370 g/mol. The predicted molar refractivity (Wildman–Crippen MR) is 106 cm³/mol. The molecule has 146 valence electrons. The number of aryl methyl sites for hydroxylation is 2. The van der Waals surface area contributed by atoms with Crippen LogP contribution in [0.3, 0.4) is 0 Å². The number of nitrogens with zero attached hydrogens (tertiary/aromatic N) is 2. The highest BCUT2D eigenvalue weighted by Crippen LogP contribution is 2.23. The number of rotatable bonds is 6. The van der Waals surface area contributed by atoms with Crippen molar-refractivity contribution < 1.29 is 9.32 Å². The summed E-state index contributed by atoms with van der Waals surface area (Å²) in [7, 11) is 0. The average Bonchev–Trinajstić information content (AvgIpc) is 2.92. The molecule has 1 amide bonds. The van der Waals surface area contributed by atoms with Crippen LogP contribution in [0.15, 0.2) is 28.8 Å². The Morgan fingerprint density at radius 2 is 1.85 bits per heavy atom. The number of nitrogens with one attached hydrogen (secondary N) is 1. The van der Waals surface area contributed by atoms with E-state index in [1.807, 2.05) is 19.9 Å². The first-order chi connectivity index (χ1) is 12.9. The zero-order valence-corrected chi connectivity index (χ0v) is 16.9. The summed E-state index contributed by atoms with van der Waals surface area (Å²) in [6.45, 7) is 12.2. The number of hydrogen-bond donors (Lipinski definition) is 1. The standard InChI is InChI=1S/C22H31N3O2/c1-15-9-16(2)13-25(12-15)14-20-8-6-5-7-19(20)11-23-22(26)10-21-17(3)24-27-18(21)4/h5-8,15-16H,9-14H2,1-4H3,(H,23,26)/t15-,16+. The van der Waals surface area contributed by atoms with Crippen LogP contribution < -0.4 is 5.32 Å². The summed E-state index contributed by atoms with van der Waals surface area (Å²) >= 11 is 0. The van der Waals surface area contributed by atoms with Crippen molar-refractivity contribution in [2.24, 2.45) is 11.8 Å².